The van der Waals surface area contributed by atoms with Gasteiger partial charge in [0.1, 0.15) is 28.9 Å². The number of methoxy groups -OCH3 is 1. The van der Waals surface area contributed by atoms with Crippen LogP contribution in [0.25, 0.3) is 0 Å². The van der Waals surface area contributed by atoms with Gasteiger partial charge in [-0.3, -0.25) is 9.78 Å². The molecule has 2 heterocycles. The molecule has 0 aliphatic rings. The molecule has 0 saturated heterocycles. The number of nitrogens with zero attached hydrogens (tertiary/aromatic N) is 3. The molecule has 10 nitrogen and oxygen atoms in total. The molecule has 2 aromatic rings. The molecule has 0 aliphatic carbocycles. The fraction of sp³-hybridized carbons (Fsp3) is 0.375. The zero-order valence-electron chi connectivity index (χ0n) is 15.2. The Bertz CT molecular complexity index is 865. The van der Waals surface area contributed by atoms with Gasteiger partial charge in [0.2, 0.25) is 5.95 Å². The first-order chi connectivity index (χ1) is 13.7. The van der Waals surface area contributed by atoms with Crippen LogP contribution in [0, 0.1) is 0 Å². The third-order valence-corrected chi connectivity index (χ3v) is 3.63. The van der Waals surface area contributed by atoms with Gasteiger partial charge in [-0.1, -0.05) is 0 Å². The predicted molar refractivity (Wildman–Crippen MR) is 96.0 cm³/mol. The van der Waals surface area contributed by atoms with E-state index >= 15 is 0 Å². The third-order valence-electron chi connectivity index (χ3n) is 3.63. The second-order valence-corrected chi connectivity index (χ2v) is 5.75. The van der Waals surface area contributed by atoms with E-state index in [9.17, 15) is 18.0 Å². The van der Waals surface area contributed by atoms with Crippen LogP contribution >= 0.6 is 0 Å². The first-order valence-corrected chi connectivity index (χ1v) is 8.23. The van der Waals surface area contributed by atoms with E-state index in [0.717, 1.165) is 0 Å². The van der Waals surface area contributed by atoms with Gasteiger partial charge in [-0.25, -0.2) is 4.98 Å². The minimum atomic E-state index is -4.68. The molecule has 0 unspecified atom stereocenters. The number of hydrogen-bond acceptors (Lipinski definition) is 9. The van der Waals surface area contributed by atoms with Crippen LogP contribution in [0.15, 0.2) is 18.5 Å². The number of ether oxygens (including phenoxy) is 1. The number of nitrogens with one attached hydrogen (secondary N) is 2. The van der Waals surface area contributed by atoms with Crippen molar-refractivity contribution in [3.05, 3.63) is 29.7 Å². The number of halogens is 3. The van der Waals surface area contributed by atoms with Crippen LogP contribution in [-0.4, -0.2) is 57.4 Å². The summed E-state index contributed by atoms with van der Waals surface area (Å²) < 4.78 is 44.4. The van der Waals surface area contributed by atoms with Crippen LogP contribution < -0.4 is 21.1 Å². The zero-order valence-corrected chi connectivity index (χ0v) is 15.2. The fourth-order valence-electron chi connectivity index (χ4n) is 2.24. The summed E-state index contributed by atoms with van der Waals surface area (Å²) in [7, 11) is 1.35. The highest BCUT2D eigenvalue weighted by Crippen LogP contribution is 2.34. The summed E-state index contributed by atoms with van der Waals surface area (Å²) in [6.07, 6.45) is -2.82. The van der Waals surface area contributed by atoms with Crippen LogP contribution in [0.1, 0.15) is 11.3 Å². The molecular formula is C16H19F3N6O4. The number of alkyl halides is 3. The Balaban J connectivity index is 2.29. The summed E-state index contributed by atoms with van der Waals surface area (Å²) in [6, 6.07) is 0.296. The second-order valence-electron chi connectivity index (χ2n) is 5.75. The first kappa shape index (κ1) is 22.1. The van der Waals surface area contributed by atoms with Gasteiger partial charge in [0.25, 0.3) is 0 Å². The minimum absolute atomic E-state index is 0.0437. The lowest BCUT2D eigenvalue weighted by atomic mass is 10.1. The maximum atomic E-state index is 13.1. The van der Waals surface area contributed by atoms with Crippen LogP contribution in [-0.2, 0) is 17.4 Å². The summed E-state index contributed by atoms with van der Waals surface area (Å²) in [4.78, 5) is 22.4. The van der Waals surface area contributed by atoms with Gasteiger partial charge in [0.15, 0.2) is 0 Å². The van der Waals surface area contributed by atoms with Crippen molar-refractivity contribution in [2.45, 2.75) is 18.6 Å². The Labute approximate surface area is 163 Å². The van der Waals surface area contributed by atoms with Gasteiger partial charge in [-0.2, -0.15) is 18.2 Å². The second kappa shape index (κ2) is 9.34. The standard InChI is InChI=1S/C16H19F3N6O4/c1-29-12-5-8(4-10(20)14(27)28)22-7-11(12)24-15-23-6-9(16(17,18)19)13(25-15)21-2-3-26/h5-7,10,26H,2-4,20H2,1H3,(H,27,28)(H2,21,23,24,25)/t10-/m0/s1. The SMILES string of the molecule is COc1cc(C[C@H](N)C(=O)O)ncc1Nc1ncc(C(F)(F)F)c(NCCO)n1. The number of rotatable bonds is 9. The van der Waals surface area contributed by atoms with Crippen LogP contribution in [0.5, 0.6) is 5.75 Å². The Morgan fingerprint density at radius 3 is 2.66 bits per heavy atom. The number of anilines is 3. The van der Waals surface area contributed by atoms with E-state index < -0.39 is 29.6 Å². The van der Waals surface area contributed by atoms with E-state index in [1.807, 2.05) is 0 Å². The number of nitrogens with two attached hydrogens (primary N) is 1. The summed E-state index contributed by atoms with van der Waals surface area (Å²) >= 11 is 0. The fourth-order valence-corrected chi connectivity index (χ4v) is 2.24. The Hall–Kier alpha value is -3.19. The Kier molecular flexibility index (Phi) is 7.12. The molecule has 29 heavy (non-hydrogen) atoms. The molecule has 0 saturated carbocycles. The molecule has 158 valence electrons. The van der Waals surface area contributed by atoms with E-state index in [1.54, 1.807) is 0 Å². The van der Waals surface area contributed by atoms with E-state index in [1.165, 1.54) is 19.4 Å². The average Bonchev–Trinajstić information content (AvgIpc) is 2.66. The number of aliphatic hydroxyl groups is 1. The molecule has 0 aromatic carbocycles. The van der Waals surface area contributed by atoms with Gasteiger partial charge in [0, 0.05) is 30.9 Å². The van der Waals surface area contributed by atoms with Gasteiger partial charge >= 0.3 is 12.1 Å². The number of aromatic nitrogens is 3. The number of carbonyl (C=O) groups is 1. The quantitative estimate of drug-likeness (QED) is 0.400. The van der Waals surface area contributed by atoms with Crippen LogP contribution in [0.4, 0.5) is 30.6 Å². The van der Waals surface area contributed by atoms with Crippen molar-refractivity contribution in [1.82, 2.24) is 15.0 Å². The zero-order chi connectivity index (χ0) is 21.6. The van der Waals surface area contributed by atoms with Gasteiger partial charge in [0.05, 0.1) is 19.9 Å². The summed E-state index contributed by atoms with van der Waals surface area (Å²) in [5, 5.41) is 22.8. The van der Waals surface area contributed by atoms with Gasteiger partial charge < -0.3 is 31.3 Å². The molecule has 0 fully saturated rings. The number of carboxylic acids is 1. The monoisotopic (exact) mass is 416 g/mol. The summed E-state index contributed by atoms with van der Waals surface area (Å²) in [5.41, 5.74) is 4.98. The van der Waals surface area contributed by atoms with E-state index in [-0.39, 0.29) is 37.0 Å². The molecule has 0 radical (unpaired) electrons. The lowest BCUT2D eigenvalue weighted by molar-refractivity contribution is -0.139. The molecule has 0 spiro atoms. The molecular weight excluding hydrogens is 397 g/mol. The van der Waals surface area contributed by atoms with Crippen molar-refractivity contribution in [3.63, 3.8) is 0 Å². The highest BCUT2D eigenvalue weighted by Gasteiger charge is 2.35. The average molecular weight is 416 g/mol. The number of pyridine rings is 1. The van der Waals surface area contributed by atoms with Gasteiger partial charge in [-0.15, -0.1) is 0 Å². The molecule has 13 heteroatoms. The molecule has 0 aliphatic heterocycles. The predicted octanol–water partition coefficient (Wildman–Crippen LogP) is 1.00. The van der Waals surface area contributed by atoms with Crippen molar-refractivity contribution in [1.29, 1.82) is 0 Å². The largest absolute Gasteiger partial charge is 0.494 e. The van der Waals surface area contributed by atoms with Crippen molar-refractivity contribution in [3.8, 4) is 5.75 Å². The number of aliphatic carboxylic acids is 1. The lowest BCUT2D eigenvalue weighted by Crippen LogP contribution is -2.32. The lowest BCUT2D eigenvalue weighted by Gasteiger charge is -2.15. The topological polar surface area (TPSA) is 156 Å². The third kappa shape index (κ3) is 5.89. The van der Waals surface area contributed by atoms with Crippen molar-refractivity contribution in [2.75, 3.05) is 30.9 Å². The Morgan fingerprint density at radius 2 is 2.07 bits per heavy atom. The molecule has 2 aromatic heterocycles. The number of carboxylic acid groups (broad SMARTS) is 1. The van der Waals surface area contributed by atoms with Crippen LogP contribution in [0.3, 0.4) is 0 Å². The molecule has 0 bridgehead atoms. The summed E-state index contributed by atoms with van der Waals surface area (Å²) in [6.45, 7) is -0.523. The smallest absolute Gasteiger partial charge is 0.421 e. The molecule has 1 atom stereocenters. The maximum Gasteiger partial charge on any atom is 0.421 e. The number of aliphatic hydroxyl groups excluding tert-OH is 1. The molecule has 2 rings (SSSR count). The minimum Gasteiger partial charge on any atom is -0.494 e. The highest BCUT2D eigenvalue weighted by molar-refractivity contribution is 5.73. The highest BCUT2D eigenvalue weighted by atomic mass is 19.4. The van der Waals surface area contributed by atoms with E-state index in [2.05, 4.69) is 25.6 Å². The van der Waals surface area contributed by atoms with Crippen molar-refractivity contribution < 1.29 is 32.9 Å². The first-order valence-electron chi connectivity index (χ1n) is 8.23. The van der Waals surface area contributed by atoms with E-state index in [0.29, 0.717) is 11.9 Å². The van der Waals surface area contributed by atoms with E-state index in [4.69, 9.17) is 20.7 Å². The van der Waals surface area contributed by atoms with Crippen molar-refractivity contribution in [2.24, 2.45) is 5.73 Å². The van der Waals surface area contributed by atoms with Crippen molar-refractivity contribution >= 4 is 23.4 Å². The normalized spacial score (nSPS) is 12.3. The number of hydrogen-bond donors (Lipinski definition) is 5. The van der Waals surface area contributed by atoms with Gasteiger partial charge in [-0.05, 0) is 0 Å². The Morgan fingerprint density at radius 1 is 1.34 bits per heavy atom. The molecule has 6 N–H and O–H groups in total. The maximum absolute atomic E-state index is 13.1. The molecule has 0 amide bonds. The van der Waals surface area contributed by atoms with Crippen LogP contribution in [0.2, 0.25) is 0 Å². The summed E-state index contributed by atoms with van der Waals surface area (Å²) in [5.74, 6) is -1.62.